The van der Waals surface area contributed by atoms with E-state index >= 15 is 0 Å². The number of benzene rings is 1. The predicted octanol–water partition coefficient (Wildman–Crippen LogP) is 3.91. The highest BCUT2D eigenvalue weighted by atomic mass is 32.2. The molecule has 0 aromatic heterocycles. The fourth-order valence-corrected chi connectivity index (χ4v) is 3.70. The minimum atomic E-state index is -0.313. The van der Waals surface area contributed by atoms with E-state index in [0.29, 0.717) is 31.1 Å². The van der Waals surface area contributed by atoms with Crippen LogP contribution in [0.25, 0.3) is 0 Å². The molecule has 3 rings (SSSR count). The molecule has 1 aromatic rings. The number of ether oxygens (including phenoxy) is 1. The average molecular weight is 407 g/mol. The normalized spacial score (nSPS) is 20.6. The summed E-state index contributed by atoms with van der Waals surface area (Å²) in [6.45, 7) is 2.64. The van der Waals surface area contributed by atoms with Crippen LogP contribution in [0.1, 0.15) is 50.6 Å². The molecule has 28 heavy (non-hydrogen) atoms. The molecule has 1 aliphatic carbocycles. The number of imide groups is 1. The highest BCUT2D eigenvalue weighted by Crippen LogP contribution is 2.31. The number of halogens is 1. The second kappa shape index (κ2) is 10.1. The molecule has 1 heterocycles. The van der Waals surface area contributed by atoms with E-state index in [4.69, 9.17) is 4.74 Å². The fraction of sp³-hybridized carbons (Fsp3) is 0.524. The van der Waals surface area contributed by atoms with Gasteiger partial charge in [-0.1, -0.05) is 30.2 Å². The number of hydrogen-bond donors (Lipinski definition) is 2. The molecule has 0 spiro atoms. The Bertz CT molecular complexity index is 736. The van der Waals surface area contributed by atoms with Crippen molar-refractivity contribution < 1.29 is 18.7 Å². The maximum absolute atomic E-state index is 13.9. The quantitative estimate of drug-likeness (QED) is 0.252. The Kier molecular flexibility index (Phi) is 7.50. The molecule has 152 valence electrons. The van der Waals surface area contributed by atoms with Gasteiger partial charge in [0.05, 0.1) is 12.5 Å². The van der Waals surface area contributed by atoms with E-state index < -0.39 is 0 Å². The van der Waals surface area contributed by atoms with E-state index in [9.17, 15) is 14.0 Å². The molecule has 1 saturated heterocycles. The van der Waals surface area contributed by atoms with Crippen LogP contribution in [0.2, 0.25) is 0 Å². The van der Waals surface area contributed by atoms with Crippen molar-refractivity contribution in [2.45, 2.75) is 45.1 Å². The number of hydrogen-bond acceptors (Lipinski definition) is 5. The van der Waals surface area contributed by atoms with Gasteiger partial charge in [0, 0.05) is 18.2 Å². The van der Waals surface area contributed by atoms with E-state index in [2.05, 4.69) is 10.0 Å². The zero-order chi connectivity index (χ0) is 19.9. The first-order valence-electron chi connectivity index (χ1n) is 9.81. The Labute approximate surface area is 169 Å². The summed E-state index contributed by atoms with van der Waals surface area (Å²) < 4.78 is 22.9. The average Bonchev–Trinajstić information content (AvgIpc) is 3.44. The van der Waals surface area contributed by atoms with Gasteiger partial charge in [-0.05, 0) is 56.2 Å². The lowest BCUT2D eigenvalue weighted by molar-refractivity contribution is -0.125. The van der Waals surface area contributed by atoms with E-state index in [-0.39, 0.29) is 29.6 Å². The third kappa shape index (κ3) is 6.34. The Morgan fingerprint density at radius 2 is 2.18 bits per heavy atom. The molecule has 1 aromatic carbocycles. The summed E-state index contributed by atoms with van der Waals surface area (Å²) >= 11 is 1.61. The minimum Gasteiger partial charge on any atom is -0.490 e. The Balaban J connectivity index is 1.34. The molecule has 1 aliphatic heterocycles. The SMILES string of the molecule is CC(NSCC/C=C/CC1CC(=O)NC1=O)c1ccc(F)c(OCC2CC2)c1. The summed E-state index contributed by atoms with van der Waals surface area (Å²) in [4.78, 5) is 22.6. The van der Waals surface area contributed by atoms with Gasteiger partial charge in [0.15, 0.2) is 11.6 Å². The topological polar surface area (TPSA) is 67.4 Å². The van der Waals surface area contributed by atoms with Gasteiger partial charge >= 0.3 is 0 Å². The third-order valence-corrected chi connectivity index (χ3v) is 5.89. The van der Waals surface area contributed by atoms with Crippen molar-refractivity contribution in [1.82, 2.24) is 10.0 Å². The summed E-state index contributed by atoms with van der Waals surface area (Å²) in [5.74, 6) is 0.920. The van der Waals surface area contributed by atoms with Crippen molar-refractivity contribution in [2.75, 3.05) is 12.4 Å². The van der Waals surface area contributed by atoms with Crippen LogP contribution in [0.4, 0.5) is 4.39 Å². The Morgan fingerprint density at radius 3 is 2.89 bits per heavy atom. The van der Waals surface area contributed by atoms with Crippen molar-refractivity contribution in [2.24, 2.45) is 11.8 Å². The zero-order valence-electron chi connectivity index (χ0n) is 16.1. The minimum absolute atomic E-state index is 0.0750. The fourth-order valence-electron chi connectivity index (χ4n) is 2.95. The number of carbonyl (C=O) groups is 2. The smallest absolute Gasteiger partial charge is 0.230 e. The van der Waals surface area contributed by atoms with Gasteiger partial charge in [-0.2, -0.15) is 0 Å². The van der Waals surface area contributed by atoms with Gasteiger partial charge in [-0.15, -0.1) is 0 Å². The highest BCUT2D eigenvalue weighted by molar-refractivity contribution is 7.97. The van der Waals surface area contributed by atoms with Gasteiger partial charge in [0.25, 0.3) is 0 Å². The van der Waals surface area contributed by atoms with E-state index in [0.717, 1.165) is 17.7 Å². The highest BCUT2D eigenvalue weighted by Gasteiger charge is 2.29. The first-order chi connectivity index (χ1) is 13.5. The molecule has 2 atom stereocenters. The molecule has 2 aliphatic rings. The maximum atomic E-state index is 13.9. The molecule has 2 amide bonds. The second-order valence-electron chi connectivity index (χ2n) is 7.44. The van der Waals surface area contributed by atoms with Crippen molar-refractivity contribution in [3.05, 3.63) is 41.7 Å². The lowest BCUT2D eigenvalue weighted by Gasteiger charge is -2.15. The van der Waals surface area contributed by atoms with Crippen LogP contribution < -0.4 is 14.8 Å². The maximum Gasteiger partial charge on any atom is 0.230 e. The van der Waals surface area contributed by atoms with Crippen LogP contribution >= 0.6 is 11.9 Å². The van der Waals surface area contributed by atoms with E-state index in [1.54, 1.807) is 24.1 Å². The van der Waals surface area contributed by atoms with Gasteiger partial charge < -0.3 is 4.74 Å². The summed E-state index contributed by atoms with van der Waals surface area (Å²) in [6.07, 6.45) is 8.12. The standard InChI is InChI=1S/C21H27FN2O3S/c1-14(16-8-9-18(22)19(11-16)27-13-15-6-7-15)24-28-10-4-2-3-5-17-12-20(25)23-21(17)26/h2-3,8-9,11,14-15,17,24H,4-7,10,12-13H2,1H3,(H,23,25,26)/b3-2+. The number of amides is 2. The van der Waals surface area contributed by atoms with Crippen molar-refractivity contribution >= 4 is 23.8 Å². The lowest BCUT2D eigenvalue weighted by Crippen LogP contribution is -2.21. The van der Waals surface area contributed by atoms with Crippen molar-refractivity contribution in [3.8, 4) is 5.75 Å². The predicted molar refractivity (Wildman–Crippen MR) is 108 cm³/mol. The summed E-state index contributed by atoms with van der Waals surface area (Å²) in [5.41, 5.74) is 0.993. The first-order valence-corrected chi connectivity index (χ1v) is 10.8. The number of rotatable bonds is 11. The molecule has 1 saturated carbocycles. The van der Waals surface area contributed by atoms with E-state index in [1.807, 2.05) is 19.1 Å². The molecule has 0 bridgehead atoms. The van der Waals surface area contributed by atoms with Crippen molar-refractivity contribution in [1.29, 1.82) is 0 Å². The van der Waals surface area contributed by atoms with Crippen LogP contribution in [-0.4, -0.2) is 24.2 Å². The number of carbonyl (C=O) groups excluding carboxylic acids is 2. The molecule has 5 nitrogen and oxygen atoms in total. The van der Waals surface area contributed by atoms with Crippen LogP contribution in [0.3, 0.4) is 0 Å². The van der Waals surface area contributed by atoms with E-state index in [1.165, 1.54) is 18.9 Å². The second-order valence-corrected chi connectivity index (χ2v) is 8.37. The Morgan fingerprint density at radius 1 is 1.36 bits per heavy atom. The Hall–Kier alpha value is -1.86. The molecule has 7 heteroatoms. The summed E-state index contributed by atoms with van der Waals surface area (Å²) in [6, 6.07) is 5.11. The van der Waals surface area contributed by atoms with Crippen LogP contribution in [0, 0.1) is 17.7 Å². The molecular weight excluding hydrogens is 379 g/mol. The molecule has 0 radical (unpaired) electrons. The van der Waals surface area contributed by atoms with Gasteiger partial charge in [0.1, 0.15) is 0 Å². The molecule has 2 fully saturated rings. The van der Waals surface area contributed by atoms with Crippen molar-refractivity contribution in [3.63, 3.8) is 0 Å². The number of nitrogens with one attached hydrogen (secondary N) is 2. The third-order valence-electron chi connectivity index (χ3n) is 4.93. The number of allylic oxidation sites excluding steroid dienone is 2. The molecule has 2 unspecified atom stereocenters. The van der Waals surface area contributed by atoms with Gasteiger partial charge in [-0.25, -0.2) is 4.39 Å². The largest absolute Gasteiger partial charge is 0.490 e. The van der Waals surface area contributed by atoms with Crippen LogP contribution in [-0.2, 0) is 9.59 Å². The van der Waals surface area contributed by atoms with Gasteiger partial charge in [0.2, 0.25) is 11.8 Å². The molecular formula is C21H27FN2O3S. The van der Waals surface area contributed by atoms with Gasteiger partial charge in [-0.3, -0.25) is 19.6 Å². The molecule has 2 N–H and O–H groups in total. The summed E-state index contributed by atoms with van der Waals surface area (Å²) in [7, 11) is 0. The van der Waals surface area contributed by atoms with Crippen LogP contribution in [0.5, 0.6) is 5.75 Å². The van der Waals surface area contributed by atoms with Crippen LogP contribution in [0.15, 0.2) is 30.4 Å². The monoisotopic (exact) mass is 406 g/mol. The summed E-state index contributed by atoms with van der Waals surface area (Å²) in [5, 5.41) is 2.32. The first kappa shape index (κ1) is 20.9. The zero-order valence-corrected chi connectivity index (χ0v) is 16.9. The lowest BCUT2D eigenvalue weighted by atomic mass is 10.0.